The molecule has 0 saturated carbocycles. The molecule has 146 valence electrons. The van der Waals surface area contributed by atoms with Gasteiger partial charge in [0.05, 0.1) is 14.2 Å². The Morgan fingerprint density at radius 1 is 1.00 bits per heavy atom. The number of halogens is 3. The summed E-state index contributed by atoms with van der Waals surface area (Å²) in [5.41, 5.74) is 6.65. The molecule has 0 amide bonds. The van der Waals surface area contributed by atoms with Crippen molar-refractivity contribution in [3.8, 4) is 22.9 Å². The number of ether oxygens (including phenoxy) is 2. The molecule has 3 rings (SSSR count). The summed E-state index contributed by atoms with van der Waals surface area (Å²) in [6.45, 7) is 1.46. The van der Waals surface area contributed by atoms with Crippen LogP contribution in [0.4, 0.5) is 5.95 Å². The minimum atomic E-state index is -1.78. The molecule has 10 heteroatoms. The molecule has 27 heavy (non-hydrogen) atoms. The van der Waals surface area contributed by atoms with Crippen LogP contribution in [0.5, 0.6) is 11.5 Å². The van der Waals surface area contributed by atoms with Crippen LogP contribution in [0.25, 0.3) is 11.4 Å². The summed E-state index contributed by atoms with van der Waals surface area (Å²) in [4.78, 5) is 15.3. The molecule has 0 unspecified atom stereocenters. The van der Waals surface area contributed by atoms with Crippen LogP contribution < -0.4 is 20.1 Å². The molecule has 1 saturated heterocycles. The number of nitrogens with zero attached hydrogens (tertiary/aromatic N) is 4. The van der Waals surface area contributed by atoms with Gasteiger partial charge in [-0.2, -0.15) is 9.97 Å². The number of aromatic nitrogens is 3. The molecular formula is C17H20Cl3N5O2. The van der Waals surface area contributed by atoms with Crippen molar-refractivity contribution in [3.05, 3.63) is 24.0 Å². The minimum Gasteiger partial charge on any atom is -0.497 e. The van der Waals surface area contributed by atoms with Gasteiger partial charge in [0, 0.05) is 30.8 Å². The summed E-state index contributed by atoms with van der Waals surface area (Å²) >= 11 is 18.2. The third kappa shape index (κ3) is 4.85. The lowest BCUT2D eigenvalue weighted by Gasteiger charge is -2.30. The Morgan fingerprint density at radius 2 is 1.59 bits per heavy atom. The van der Waals surface area contributed by atoms with Gasteiger partial charge in [-0.1, -0.05) is 34.8 Å². The number of nitrogens with two attached hydrogens (primary N) is 1. The maximum Gasteiger partial charge on any atom is 0.250 e. The Kier molecular flexibility index (Phi) is 6.15. The van der Waals surface area contributed by atoms with Crippen molar-refractivity contribution in [1.29, 1.82) is 0 Å². The number of piperidine rings is 1. The van der Waals surface area contributed by atoms with Gasteiger partial charge >= 0.3 is 0 Å². The molecule has 2 aromatic rings. The van der Waals surface area contributed by atoms with Crippen molar-refractivity contribution in [1.82, 2.24) is 15.0 Å². The zero-order chi connectivity index (χ0) is 19.6. The van der Waals surface area contributed by atoms with Gasteiger partial charge in [-0.3, -0.25) is 0 Å². The molecule has 0 spiro atoms. The monoisotopic (exact) mass is 431 g/mol. The number of hydrogen-bond acceptors (Lipinski definition) is 7. The molecule has 1 aliphatic rings. The van der Waals surface area contributed by atoms with Crippen LogP contribution in [-0.2, 0) is 3.79 Å². The number of hydrogen-bond donors (Lipinski definition) is 1. The normalized spacial score (nSPS) is 15.7. The Hall–Kier alpha value is -1.54. The van der Waals surface area contributed by atoms with E-state index in [0.717, 1.165) is 25.9 Å². The second-order valence-corrected chi connectivity index (χ2v) is 8.49. The predicted octanol–water partition coefficient (Wildman–Crippen LogP) is 3.31. The van der Waals surface area contributed by atoms with Crippen LogP contribution in [0.3, 0.4) is 0 Å². The van der Waals surface area contributed by atoms with Crippen molar-refractivity contribution >= 4 is 40.8 Å². The lowest BCUT2D eigenvalue weighted by Crippen LogP contribution is -2.40. The number of benzene rings is 1. The van der Waals surface area contributed by atoms with Crippen LogP contribution >= 0.6 is 34.8 Å². The van der Waals surface area contributed by atoms with Gasteiger partial charge in [-0.05, 0) is 25.0 Å². The molecule has 1 aromatic carbocycles. The molecule has 0 radical (unpaired) electrons. The van der Waals surface area contributed by atoms with E-state index in [2.05, 4.69) is 15.0 Å². The summed E-state index contributed by atoms with van der Waals surface area (Å²) < 4.78 is 8.87. The number of rotatable bonds is 4. The Labute approximate surface area is 172 Å². The van der Waals surface area contributed by atoms with E-state index in [0.29, 0.717) is 28.8 Å². The third-order valence-electron chi connectivity index (χ3n) is 4.31. The van der Waals surface area contributed by atoms with Crippen molar-refractivity contribution in [2.45, 2.75) is 22.7 Å². The summed E-state index contributed by atoms with van der Waals surface area (Å²) in [5, 5.41) is 0. The minimum absolute atomic E-state index is 0.0594. The first-order valence-corrected chi connectivity index (χ1v) is 9.51. The highest BCUT2D eigenvalue weighted by atomic mass is 35.6. The van der Waals surface area contributed by atoms with Crippen LogP contribution in [0.1, 0.15) is 18.7 Å². The second kappa shape index (κ2) is 8.22. The van der Waals surface area contributed by atoms with Gasteiger partial charge in [0.25, 0.3) is 0 Å². The van der Waals surface area contributed by atoms with Crippen LogP contribution in [0.2, 0.25) is 0 Å². The standard InChI is InChI=1S/C17H20Cl3N5O2/c1-26-12-7-10(8-13(9-12)27-2)14-22-15(17(18,19)20)24-16(23-14)25-5-3-11(21)4-6-25/h7-9,11H,3-6,21H2,1-2H3. The molecule has 1 aromatic heterocycles. The van der Waals surface area contributed by atoms with E-state index in [1.54, 1.807) is 32.4 Å². The van der Waals surface area contributed by atoms with Gasteiger partial charge < -0.3 is 20.1 Å². The highest BCUT2D eigenvalue weighted by Gasteiger charge is 2.30. The third-order valence-corrected chi connectivity index (χ3v) is 4.82. The fourth-order valence-electron chi connectivity index (χ4n) is 2.80. The highest BCUT2D eigenvalue weighted by Crippen LogP contribution is 2.38. The number of alkyl halides is 3. The van der Waals surface area contributed by atoms with Gasteiger partial charge in [0.15, 0.2) is 11.6 Å². The first-order valence-electron chi connectivity index (χ1n) is 8.37. The Balaban J connectivity index is 2.08. The maximum atomic E-state index is 6.06. The molecular weight excluding hydrogens is 413 g/mol. The lowest BCUT2D eigenvalue weighted by molar-refractivity contribution is 0.394. The van der Waals surface area contributed by atoms with E-state index in [4.69, 9.17) is 50.0 Å². The summed E-state index contributed by atoms with van der Waals surface area (Å²) in [5.74, 6) is 2.09. The van der Waals surface area contributed by atoms with Crippen molar-refractivity contribution in [2.24, 2.45) is 5.73 Å². The second-order valence-electron chi connectivity index (χ2n) is 6.21. The molecule has 7 nitrogen and oxygen atoms in total. The molecule has 0 aliphatic carbocycles. The SMILES string of the molecule is COc1cc(OC)cc(-c2nc(N3CCC(N)CC3)nc(C(Cl)(Cl)Cl)n2)c1. The van der Waals surface area contributed by atoms with Gasteiger partial charge in [-0.15, -0.1) is 0 Å². The molecule has 1 fully saturated rings. The Morgan fingerprint density at radius 3 is 2.11 bits per heavy atom. The average Bonchev–Trinajstić information content (AvgIpc) is 2.67. The van der Waals surface area contributed by atoms with E-state index in [1.807, 2.05) is 4.90 Å². The quantitative estimate of drug-likeness (QED) is 0.742. The molecule has 2 N–H and O–H groups in total. The average molecular weight is 433 g/mol. The summed E-state index contributed by atoms with van der Waals surface area (Å²) in [7, 11) is 3.14. The molecule has 1 aliphatic heterocycles. The molecule has 2 heterocycles. The lowest BCUT2D eigenvalue weighted by atomic mass is 10.1. The van der Waals surface area contributed by atoms with E-state index in [1.165, 1.54) is 0 Å². The zero-order valence-corrected chi connectivity index (χ0v) is 17.2. The fourth-order valence-corrected chi connectivity index (χ4v) is 3.05. The smallest absolute Gasteiger partial charge is 0.250 e. The van der Waals surface area contributed by atoms with Gasteiger partial charge in [-0.25, -0.2) is 4.98 Å². The van der Waals surface area contributed by atoms with Gasteiger partial charge in [0.1, 0.15) is 11.5 Å². The van der Waals surface area contributed by atoms with E-state index in [9.17, 15) is 0 Å². The first kappa shape index (κ1) is 20.2. The molecule has 0 bridgehead atoms. The largest absolute Gasteiger partial charge is 0.497 e. The number of anilines is 1. The van der Waals surface area contributed by atoms with E-state index >= 15 is 0 Å². The van der Waals surface area contributed by atoms with Crippen molar-refractivity contribution in [2.75, 3.05) is 32.2 Å². The summed E-state index contributed by atoms with van der Waals surface area (Å²) in [6.07, 6.45) is 1.69. The van der Waals surface area contributed by atoms with E-state index < -0.39 is 3.79 Å². The fraction of sp³-hybridized carbons (Fsp3) is 0.471. The van der Waals surface area contributed by atoms with E-state index in [-0.39, 0.29) is 11.9 Å². The maximum absolute atomic E-state index is 6.06. The summed E-state index contributed by atoms with van der Waals surface area (Å²) in [6, 6.07) is 5.51. The van der Waals surface area contributed by atoms with Crippen LogP contribution in [0.15, 0.2) is 18.2 Å². The Bertz CT molecular complexity index is 785. The zero-order valence-electron chi connectivity index (χ0n) is 15.0. The van der Waals surface area contributed by atoms with Crippen molar-refractivity contribution < 1.29 is 9.47 Å². The first-order chi connectivity index (χ1) is 12.8. The van der Waals surface area contributed by atoms with Crippen LogP contribution in [-0.4, -0.2) is 48.3 Å². The number of methoxy groups -OCH3 is 2. The highest BCUT2D eigenvalue weighted by molar-refractivity contribution is 6.66. The van der Waals surface area contributed by atoms with Crippen molar-refractivity contribution in [3.63, 3.8) is 0 Å². The topological polar surface area (TPSA) is 86.4 Å². The molecule has 0 atom stereocenters. The van der Waals surface area contributed by atoms with Crippen LogP contribution in [0, 0.1) is 0 Å². The predicted molar refractivity (Wildman–Crippen MR) is 107 cm³/mol. The van der Waals surface area contributed by atoms with Gasteiger partial charge in [0.2, 0.25) is 9.74 Å².